The zero-order chi connectivity index (χ0) is 14.7. The Morgan fingerprint density at radius 2 is 1.90 bits per heavy atom. The Balaban J connectivity index is 1.59. The van der Waals surface area contributed by atoms with Crippen molar-refractivity contribution in [3.05, 3.63) is 46.8 Å². The van der Waals surface area contributed by atoms with Gasteiger partial charge in [0.25, 0.3) is 0 Å². The molecular weight excluding hydrogens is 337 g/mol. The van der Waals surface area contributed by atoms with E-state index < -0.39 is 0 Å². The number of piperazine rings is 1. The number of anilines is 1. The Labute approximate surface area is 131 Å². The molecule has 0 radical (unpaired) electrons. The number of nitrogens with zero attached hydrogens (tertiary/aromatic N) is 5. The van der Waals surface area contributed by atoms with Crippen LogP contribution in [0.25, 0.3) is 0 Å². The van der Waals surface area contributed by atoms with Gasteiger partial charge in [-0.2, -0.15) is 0 Å². The molecule has 0 bridgehead atoms. The van der Waals surface area contributed by atoms with Crippen LogP contribution in [0.2, 0.25) is 0 Å². The summed E-state index contributed by atoms with van der Waals surface area (Å²) < 4.78 is 14.7. The zero-order valence-corrected chi connectivity index (χ0v) is 13.0. The van der Waals surface area contributed by atoms with Crippen molar-refractivity contribution in [1.29, 1.82) is 0 Å². The van der Waals surface area contributed by atoms with E-state index in [9.17, 15) is 4.39 Å². The average molecular weight is 352 g/mol. The van der Waals surface area contributed by atoms with E-state index in [-0.39, 0.29) is 5.82 Å². The standard InChI is InChI=1S/C14H15BrFN5/c15-12-5-11(6-17-7-12)9-20-1-3-21(4-2-20)14-13(16)8-18-10-19-14/h5-8,10H,1-4,9H2. The van der Waals surface area contributed by atoms with Crippen LogP contribution in [-0.2, 0) is 6.54 Å². The van der Waals surface area contributed by atoms with E-state index in [2.05, 4.69) is 41.8 Å². The van der Waals surface area contributed by atoms with Crippen LogP contribution in [0.15, 0.2) is 35.5 Å². The number of aromatic nitrogens is 3. The molecular formula is C14H15BrFN5. The molecule has 3 rings (SSSR count). The lowest BCUT2D eigenvalue weighted by molar-refractivity contribution is 0.248. The first-order valence-corrected chi connectivity index (χ1v) is 7.54. The molecule has 1 fully saturated rings. The molecule has 0 N–H and O–H groups in total. The second kappa shape index (κ2) is 6.44. The van der Waals surface area contributed by atoms with E-state index >= 15 is 0 Å². The number of hydrogen-bond acceptors (Lipinski definition) is 5. The van der Waals surface area contributed by atoms with Crippen LogP contribution in [0.1, 0.15) is 5.56 Å². The summed E-state index contributed by atoms with van der Waals surface area (Å²) in [6, 6.07) is 2.07. The molecule has 0 atom stereocenters. The van der Waals surface area contributed by atoms with Crippen LogP contribution in [0, 0.1) is 5.82 Å². The molecule has 21 heavy (non-hydrogen) atoms. The van der Waals surface area contributed by atoms with E-state index in [0.29, 0.717) is 5.82 Å². The van der Waals surface area contributed by atoms with Crippen molar-refractivity contribution in [3.8, 4) is 0 Å². The van der Waals surface area contributed by atoms with Gasteiger partial charge in [0.15, 0.2) is 11.6 Å². The minimum absolute atomic E-state index is 0.359. The van der Waals surface area contributed by atoms with Gasteiger partial charge in [0.1, 0.15) is 6.33 Å². The van der Waals surface area contributed by atoms with E-state index in [1.54, 1.807) is 6.20 Å². The fourth-order valence-corrected chi connectivity index (χ4v) is 2.87. The van der Waals surface area contributed by atoms with E-state index in [0.717, 1.165) is 37.2 Å². The fraction of sp³-hybridized carbons (Fsp3) is 0.357. The Morgan fingerprint density at radius 3 is 2.62 bits per heavy atom. The second-order valence-corrected chi connectivity index (χ2v) is 5.88. The molecule has 110 valence electrons. The summed E-state index contributed by atoms with van der Waals surface area (Å²) in [7, 11) is 0. The minimum Gasteiger partial charge on any atom is -0.352 e. The number of pyridine rings is 1. The van der Waals surface area contributed by atoms with Gasteiger partial charge in [0, 0.05) is 49.6 Å². The average Bonchev–Trinajstić information content (AvgIpc) is 2.49. The molecule has 0 unspecified atom stereocenters. The topological polar surface area (TPSA) is 45.2 Å². The quantitative estimate of drug-likeness (QED) is 0.847. The van der Waals surface area contributed by atoms with Crippen molar-refractivity contribution >= 4 is 21.7 Å². The summed E-state index contributed by atoms with van der Waals surface area (Å²) in [6.45, 7) is 4.11. The SMILES string of the molecule is Fc1cncnc1N1CCN(Cc2cncc(Br)c2)CC1. The highest BCUT2D eigenvalue weighted by molar-refractivity contribution is 9.10. The smallest absolute Gasteiger partial charge is 0.183 e. The maximum absolute atomic E-state index is 13.7. The van der Waals surface area contributed by atoms with Crippen molar-refractivity contribution in [3.63, 3.8) is 0 Å². The molecule has 1 saturated heterocycles. The van der Waals surface area contributed by atoms with Gasteiger partial charge >= 0.3 is 0 Å². The van der Waals surface area contributed by atoms with Crippen LogP contribution in [0.4, 0.5) is 10.2 Å². The second-order valence-electron chi connectivity index (χ2n) is 4.97. The predicted molar refractivity (Wildman–Crippen MR) is 81.4 cm³/mol. The lowest BCUT2D eigenvalue weighted by Crippen LogP contribution is -2.46. The van der Waals surface area contributed by atoms with Gasteiger partial charge in [-0.3, -0.25) is 9.88 Å². The molecule has 0 amide bonds. The lowest BCUT2D eigenvalue weighted by Gasteiger charge is -2.35. The molecule has 1 aliphatic heterocycles. The van der Waals surface area contributed by atoms with Gasteiger partial charge in [-0.05, 0) is 27.6 Å². The van der Waals surface area contributed by atoms with Crippen molar-refractivity contribution in [2.75, 3.05) is 31.1 Å². The van der Waals surface area contributed by atoms with Gasteiger partial charge in [0.2, 0.25) is 0 Å². The molecule has 2 aromatic rings. The Bertz CT molecular complexity index is 616. The molecule has 2 aromatic heterocycles. The third kappa shape index (κ3) is 3.54. The van der Waals surface area contributed by atoms with Crippen molar-refractivity contribution < 1.29 is 4.39 Å². The molecule has 5 nitrogen and oxygen atoms in total. The zero-order valence-electron chi connectivity index (χ0n) is 11.4. The highest BCUT2D eigenvalue weighted by Crippen LogP contribution is 2.18. The van der Waals surface area contributed by atoms with Crippen LogP contribution in [-0.4, -0.2) is 46.0 Å². The van der Waals surface area contributed by atoms with Crippen molar-refractivity contribution in [2.45, 2.75) is 6.54 Å². The molecule has 3 heterocycles. The number of hydrogen-bond donors (Lipinski definition) is 0. The Morgan fingerprint density at radius 1 is 1.10 bits per heavy atom. The van der Waals surface area contributed by atoms with E-state index in [1.165, 1.54) is 18.1 Å². The summed E-state index contributed by atoms with van der Waals surface area (Å²) in [4.78, 5) is 16.2. The summed E-state index contributed by atoms with van der Waals surface area (Å²) in [5.74, 6) is 0.0379. The number of halogens is 2. The molecule has 7 heteroatoms. The van der Waals surface area contributed by atoms with Gasteiger partial charge in [-0.25, -0.2) is 14.4 Å². The predicted octanol–water partition coefficient (Wildman–Crippen LogP) is 2.10. The summed E-state index contributed by atoms with van der Waals surface area (Å²) in [5, 5.41) is 0. The first-order valence-electron chi connectivity index (χ1n) is 6.74. The summed E-state index contributed by atoms with van der Waals surface area (Å²) in [6.07, 6.45) is 6.25. The number of rotatable bonds is 3. The molecule has 1 aliphatic rings. The van der Waals surface area contributed by atoms with Gasteiger partial charge < -0.3 is 4.90 Å². The Hall–Kier alpha value is -1.60. The first-order chi connectivity index (χ1) is 10.2. The van der Waals surface area contributed by atoms with E-state index in [1.807, 2.05) is 11.1 Å². The Kier molecular flexibility index (Phi) is 4.40. The minimum atomic E-state index is -0.359. The highest BCUT2D eigenvalue weighted by atomic mass is 79.9. The maximum Gasteiger partial charge on any atom is 0.183 e. The van der Waals surface area contributed by atoms with Gasteiger partial charge in [-0.1, -0.05) is 0 Å². The maximum atomic E-state index is 13.7. The molecule has 0 saturated carbocycles. The molecule has 0 aliphatic carbocycles. The van der Waals surface area contributed by atoms with Gasteiger partial charge in [0.05, 0.1) is 6.20 Å². The third-order valence-electron chi connectivity index (χ3n) is 3.49. The van der Waals surface area contributed by atoms with Crippen LogP contribution in [0.5, 0.6) is 0 Å². The summed E-state index contributed by atoms with van der Waals surface area (Å²) in [5.41, 5.74) is 1.17. The fourth-order valence-electron chi connectivity index (χ4n) is 2.46. The highest BCUT2D eigenvalue weighted by Gasteiger charge is 2.20. The van der Waals surface area contributed by atoms with Gasteiger partial charge in [-0.15, -0.1) is 0 Å². The monoisotopic (exact) mass is 351 g/mol. The third-order valence-corrected chi connectivity index (χ3v) is 3.92. The van der Waals surface area contributed by atoms with Crippen LogP contribution >= 0.6 is 15.9 Å². The van der Waals surface area contributed by atoms with Crippen LogP contribution in [0.3, 0.4) is 0 Å². The molecule has 0 aromatic carbocycles. The van der Waals surface area contributed by atoms with Crippen LogP contribution < -0.4 is 4.90 Å². The van der Waals surface area contributed by atoms with Crippen molar-refractivity contribution in [1.82, 2.24) is 19.9 Å². The lowest BCUT2D eigenvalue weighted by atomic mass is 10.2. The summed E-state index contributed by atoms with van der Waals surface area (Å²) >= 11 is 3.43. The van der Waals surface area contributed by atoms with Crippen molar-refractivity contribution in [2.24, 2.45) is 0 Å². The molecule has 0 spiro atoms. The van der Waals surface area contributed by atoms with E-state index in [4.69, 9.17) is 0 Å². The first kappa shape index (κ1) is 14.3. The largest absolute Gasteiger partial charge is 0.352 e. The normalized spacial score (nSPS) is 16.2.